The van der Waals surface area contributed by atoms with Crippen LogP contribution in [0, 0.1) is 13.8 Å². The third kappa shape index (κ3) is 6.64. The second kappa shape index (κ2) is 16.3. The maximum atomic E-state index is 14.5. The molecule has 0 aliphatic carbocycles. The van der Waals surface area contributed by atoms with E-state index in [1.54, 1.807) is 63.4 Å². The van der Waals surface area contributed by atoms with Crippen molar-refractivity contribution in [3.63, 3.8) is 0 Å². The summed E-state index contributed by atoms with van der Waals surface area (Å²) < 4.78 is 5.33. The quantitative estimate of drug-likeness (QED) is 0.0873. The fourth-order valence-electron chi connectivity index (χ4n) is 10.2. The number of aryl methyl sites for hydroxylation is 2. The fraction of sp³-hybridized carbons (Fsp3) is 0.283. The van der Waals surface area contributed by atoms with Gasteiger partial charge in [-0.3, -0.25) is 33.7 Å². The Kier molecular flexibility index (Phi) is 10.5. The molecule has 10 rings (SSSR count). The van der Waals surface area contributed by atoms with Crippen LogP contribution in [0.3, 0.4) is 0 Å². The smallest absolute Gasteiger partial charge is 0.265 e. The van der Waals surface area contributed by atoms with E-state index >= 15 is 0 Å². The molecule has 328 valence electrons. The van der Waals surface area contributed by atoms with Crippen LogP contribution in [0.2, 0.25) is 0 Å². The summed E-state index contributed by atoms with van der Waals surface area (Å²) in [6.07, 6.45) is 6.06. The molecular weight excluding hydrogens is 819 g/mol. The minimum absolute atomic E-state index is 0.205. The van der Waals surface area contributed by atoms with Gasteiger partial charge in [0.1, 0.15) is 5.75 Å². The van der Waals surface area contributed by atoms with Crippen LogP contribution < -0.4 is 24.3 Å². The lowest BCUT2D eigenvalue weighted by Gasteiger charge is -2.38. The summed E-state index contributed by atoms with van der Waals surface area (Å²) in [5.41, 5.74) is 5.57. The molecule has 6 aromatic carbocycles. The lowest BCUT2D eigenvalue weighted by Crippen LogP contribution is -2.46. The van der Waals surface area contributed by atoms with Gasteiger partial charge in [0.25, 0.3) is 35.4 Å². The predicted octanol–water partition coefficient (Wildman–Crippen LogP) is 9.50. The summed E-state index contributed by atoms with van der Waals surface area (Å²) >= 11 is 0. The number of hydrogen-bond donors (Lipinski definition) is 0. The molecule has 6 amide bonds. The first kappa shape index (κ1) is 41.7. The van der Waals surface area contributed by atoms with Gasteiger partial charge in [-0.1, -0.05) is 51.2 Å². The lowest BCUT2D eigenvalue weighted by molar-refractivity contribution is 0.0605. The van der Waals surface area contributed by atoms with Gasteiger partial charge >= 0.3 is 0 Å². The zero-order valence-electron chi connectivity index (χ0n) is 37.0. The molecule has 0 bridgehead atoms. The first-order valence-electron chi connectivity index (χ1n) is 22.6. The largest absolute Gasteiger partial charge is 0.497 e. The van der Waals surface area contributed by atoms with Crippen LogP contribution in [0.1, 0.15) is 119 Å². The number of carbonyl (C=O) groups is 6. The monoisotopic (exact) mass is 867 g/mol. The SMILES string of the molecule is CCCCCCCCN1C(=O)c2ccc3c4c(ccc(c24)C1=O)C(=O)N(c1cc(C)c(N2C(=O)c4cccc5c(N6CCN(c7ccc(OC)cc7)CC6)ccc(c45)C2=O)cc1C)C3=O. The molecule has 1 saturated heterocycles. The molecule has 0 radical (unpaired) electrons. The summed E-state index contributed by atoms with van der Waals surface area (Å²) in [7, 11) is 1.65. The third-order valence-corrected chi connectivity index (χ3v) is 13.7. The average Bonchev–Trinajstić information content (AvgIpc) is 3.32. The predicted molar refractivity (Wildman–Crippen MR) is 252 cm³/mol. The van der Waals surface area contributed by atoms with E-state index in [9.17, 15) is 28.8 Å². The van der Waals surface area contributed by atoms with Crippen molar-refractivity contribution in [1.29, 1.82) is 0 Å². The van der Waals surface area contributed by atoms with Gasteiger partial charge in [-0.15, -0.1) is 0 Å². The Morgan fingerprint density at radius 1 is 0.477 bits per heavy atom. The Hall–Kier alpha value is -7.34. The Labute approximate surface area is 376 Å². The number of methoxy groups -OCH3 is 1. The van der Waals surface area contributed by atoms with Crippen molar-refractivity contribution < 1.29 is 33.5 Å². The Bertz CT molecular complexity index is 2950. The molecule has 1 fully saturated rings. The summed E-state index contributed by atoms with van der Waals surface area (Å²) in [6, 6.07) is 27.0. The highest BCUT2D eigenvalue weighted by atomic mass is 16.5. The number of anilines is 4. The maximum Gasteiger partial charge on any atom is 0.265 e. The van der Waals surface area contributed by atoms with Gasteiger partial charge in [-0.05, 0) is 110 Å². The van der Waals surface area contributed by atoms with E-state index in [-0.39, 0.29) is 11.1 Å². The number of imide groups is 3. The summed E-state index contributed by atoms with van der Waals surface area (Å²) in [5, 5.41) is 2.09. The van der Waals surface area contributed by atoms with Gasteiger partial charge in [0.2, 0.25) is 0 Å². The van der Waals surface area contributed by atoms with Gasteiger partial charge in [-0.25, -0.2) is 9.80 Å². The second-order valence-corrected chi connectivity index (χ2v) is 17.5. The number of piperazine rings is 1. The molecule has 0 spiro atoms. The molecular formula is C53H49N5O7. The normalized spacial score (nSPS) is 15.9. The average molecular weight is 868 g/mol. The number of carbonyl (C=O) groups excluding carboxylic acids is 6. The van der Waals surface area contributed by atoms with Crippen LogP contribution in [-0.4, -0.2) is 80.2 Å². The van der Waals surface area contributed by atoms with Crippen molar-refractivity contribution >= 4 is 79.7 Å². The summed E-state index contributed by atoms with van der Waals surface area (Å²) in [5.74, 6) is -2.16. The second-order valence-electron chi connectivity index (χ2n) is 17.5. The molecule has 65 heavy (non-hydrogen) atoms. The highest BCUT2D eigenvalue weighted by molar-refractivity contribution is 6.40. The summed E-state index contributed by atoms with van der Waals surface area (Å²) in [4.78, 5) is 93.7. The molecule has 6 aromatic rings. The molecule has 12 heteroatoms. The van der Waals surface area contributed by atoms with Gasteiger partial charge in [-0.2, -0.15) is 0 Å². The molecule has 0 aromatic heterocycles. The minimum atomic E-state index is -0.598. The molecule has 4 heterocycles. The van der Waals surface area contributed by atoms with Crippen LogP contribution in [0.5, 0.6) is 5.75 Å². The van der Waals surface area contributed by atoms with E-state index in [0.29, 0.717) is 73.9 Å². The van der Waals surface area contributed by atoms with Gasteiger partial charge < -0.3 is 14.5 Å². The zero-order valence-corrected chi connectivity index (χ0v) is 37.0. The Balaban J connectivity index is 0.915. The molecule has 4 aliphatic rings. The van der Waals surface area contributed by atoms with Crippen molar-refractivity contribution in [3.05, 3.63) is 136 Å². The topological polar surface area (TPSA) is 128 Å². The fourth-order valence-corrected chi connectivity index (χ4v) is 10.2. The maximum absolute atomic E-state index is 14.5. The van der Waals surface area contributed by atoms with Crippen LogP contribution in [-0.2, 0) is 0 Å². The van der Waals surface area contributed by atoms with E-state index in [0.717, 1.165) is 85.7 Å². The molecule has 12 nitrogen and oxygen atoms in total. The number of nitrogens with zero attached hydrogens (tertiary/aromatic N) is 5. The van der Waals surface area contributed by atoms with E-state index in [4.69, 9.17) is 4.74 Å². The van der Waals surface area contributed by atoms with E-state index < -0.39 is 35.4 Å². The van der Waals surface area contributed by atoms with Crippen molar-refractivity contribution in [1.82, 2.24) is 4.90 Å². The standard InChI is InChI=1S/C53H49N5O7/c1-5-6-7-8-9-10-24-56-48(59)38-18-20-40-47-41(21-19-39(46(38)47)49(56)60)53(64)58(52(40)63)44-30-31(2)43(29-32(44)3)57-50(61)36-13-11-12-35-42(23-22-37(45(35)36)51(57)62)55-27-25-54(26-28-55)33-14-16-34(65-4)17-15-33/h11-23,29-30H,5-10,24-28H2,1-4H3. The van der Waals surface area contributed by atoms with Crippen LogP contribution in [0.25, 0.3) is 21.5 Å². The van der Waals surface area contributed by atoms with Gasteiger partial charge in [0, 0.05) is 99.0 Å². The number of rotatable bonds is 12. The highest BCUT2D eigenvalue weighted by Gasteiger charge is 2.42. The van der Waals surface area contributed by atoms with Crippen LogP contribution in [0.4, 0.5) is 22.7 Å². The number of benzene rings is 6. The number of amides is 6. The number of unbranched alkanes of at least 4 members (excludes halogenated alkanes) is 5. The zero-order chi connectivity index (χ0) is 45.3. The molecule has 0 atom stereocenters. The first-order valence-corrected chi connectivity index (χ1v) is 22.6. The number of hydrogen-bond acceptors (Lipinski definition) is 9. The van der Waals surface area contributed by atoms with Crippen molar-refractivity contribution in [3.8, 4) is 5.75 Å². The molecule has 4 aliphatic heterocycles. The van der Waals surface area contributed by atoms with Gasteiger partial charge in [0.05, 0.1) is 18.5 Å². The lowest BCUT2D eigenvalue weighted by atomic mass is 9.85. The van der Waals surface area contributed by atoms with Gasteiger partial charge in [0.15, 0.2) is 0 Å². The first-order chi connectivity index (χ1) is 31.5. The molecule has 0 N–H and O–H groups in total. The van der Waals surface area contributed by atoms with Crippen molar-refractivity contribution in [2.45, 2.75) is 59.3 Å². The van der Waals surface area contributed by atoms with E-state index in [1.165, 1.54) is 9.80 Å². The van der Waals surface area contributed by atoms with Crippen molar-refractivity contribution in [2.24, 2.45) is 0 Å². The summed E-state index contributed by atoms with van der Waals surface area (Å²) in [6.45, 7) is 9.05. The van der Waals surface area contributed by atoms with Crippen LogP contribution >= 0.6 is 0 Å². The van der Waals surface area contributed by atoms with E-state index in [1.807, 2.05) is 36.4 Å². The third-order valence-electron chi connectivity index (χ3n) is 13.7. The number of ether oxygens (including phenoxy) is 1. The van der Waals surface area contributed by atoms with Crippen molar-refractivity contribution in [2.75, 3.05) is 59.4 Å². The Morgan fingerprint density at radius 3 is 1.48 bits per heavy atom. The van der Waals surface area contributed by atoms with Crippen LogP contribution in [0.15, 0.2) is 91.0 Å². The minimum Gasteiger partial charge on any atom is -0.497 e. The Morgan fingerprint density at radius 2 is 0.938 bits per heavy atom. The molecule has 0 saturated carbocycles. The molecule has 0 unspecified atom stereocenters. The highest BCUT2D eigenvalue weighted by Crippen LogP contribution is 2.43. The van der Waals surface area contributed by atoms with E-state index in [2.05, 4.69) is 28.9 Å².